The van der Waals surface area contributed by atoms with Gasteiger partial charge in [-0.3, -0.25) is 9.48 Å². The fourth-order valence-electron chi connectivity index (χ4n) is 1.48. The lowest BCUT2D eigenvalue weighted by atomic mass is 10.3. The van der Waals surface area contributed by atoms with Crippen LogP contribution in [0.3, 0.4) is 0 Å². The number of nitrogen functional groups attached to an aromatic ring is 1. The molecule has 7 nitrogen and oxygen atoms in total. The predicted octanol–water partition coefficient (Wildman–Crippen LogP) is -0.235. The second-order valence-corrected chi connectivity index (χ2v) is 3.78. The van der Waals surface area contributed by atoms with E-state index in [-0.39, 0.29) is 11.6 Å². The maximum absolute atomic E-state index is 11.8. The first kappa shape index (κ1) is 12.0. The van der Waals surface area contributed by atoms with Crippen LogP contribution in [0, 0.1) is 0 Å². The molecule has 3 N–H and O–H groups in total. The fourth-order valence-corrected chi connectivity index (χ4v) is 1.48. The molecule has 0 aliphatic heterocycles. The largest absolute Gasteiger partial charge is 0.397 e. The van der Waals surface area contributed by atoms with Crippen LogP contribution in [0.1, 0.15) is 16.3 Å². The fraction of sp³-hybridized carbons (Fsp3) is 0.273. The number of carbonyl (C=O) groups is 1. The Labute approximate surface area is 104 Å². The summed E-state index contributed by atoms with van der Waals surface area (Å²) in [4.78, 5) is 19.8. The first-order chi connectivity index (χ1) is 8.66. The van der Waals surface area contributed by atoms with Gasteiger partial charge in [0, 0.05) is 26.2 Å². The van der Waals surface area contributed by atoms with E-state index in [0.717, 1.165) is 0 Å². The SMILES string of the molecule is Cn1cnc(CCNC(=O)c2ncccc2N)n1. The molecule has 0 unspecified atom stereocenters. The smallest absolute Gasteiger partial charge is 0.272 e. The van der Waals surface area contributed by atoms with Crippen molar-refractivity contribution in [3.05, 3.63) is 36.2 Å². The van der Waals surface area contributed by atoms with Crippen LogP contribution in [0.15, 0.2) is 24.7 Å². The summed E-state index contributed by atoms with van der Waals surface area (Å²) in [7, 11) is 1.80. The molecule has 0 spiro atoms. The molecule has 0 radical (unpaired) electrons. The van der Waals surface area contributed by atoms with Gasteiger partial charge in [-0.05, 0) is 12.1 Å². The summed E-state index contributed by atoms with van der Waals surface area (Å²) in [6.07, 6.45) is 3.72. The molecule has 2 heterocycles. The number of anilines is 1. The molecule has 2 aromatic heterocycles. The van der Waals surface area contributed by atoms with Crippen molar-refractivity contribution >= 4 is 11.6 Å². The Morgan fingerprint density at radius 3 is 3.00 bits per heavy atom. The normalized spacial score (nSPS) is 10.3. The van der Waals surface area contributed by atoms with E-state index < -0.39 is 0 Å². The zero-order valence-electron chi connectivity index (χ0n) is 10.00. The number of hydrogen-bond donors (Lipinski definition) is 2. The van der Waals surface area contributed by atoms with Crippen molar-refractivity contribution in [2.45, 2.75) is 6.42 Å². The maximum atomic E-state index is 11.8. The van der Waals surface area contributed by atoms with E-state index in [4.69, 9.17) is 5.73 Å². The Kier molecular flexibility index (Phi) is 3.52. The van der Waals surface area contributed by atoms with Gasteiger partial charge in [-0.15, -0.1) is 0 Å². The average molecular weight is 246 g/mol. The summed E-state index contributed by atoms with van der Waals surface area (Å²) in [6, 6.07) is 3.33. The number of amides is 1. The summed E-state index contributed by atoms with van der Waals surface area (Å²) in [5, 5.41) is 6.84. The molecule has 18 heavy (non-hydrogen) atoms. The number of nitrogens with zero attached hydrogens (tertiary/aromatic N) is 4. The number of carbonyl (C=O) groups excluding carboxylic acids is 1. The van der Waals surface area contributed by atoms with Crippen molar-refractivity contribution in [3.8, 4) is 0 Å². The third-order valence-corrected chi connectivity index (χ3v) is 2.34. The molecule has 0 bridgehead atoms. The van der Waals surface area contributed by atoms with Crippen molar-refractivity contribution in [2.75, 3.05) is 12.3 Å². The van der Waals surface area contributed by atoms with Gasteiger partial charge in [0.05, 0.1) is 5.69 Å². The van der Waals surface area contributed by atoms with Crippen LogP contribution < -0.4 is 11.1 Å². The van der Waals surface area contributed by atoms with Gasteiger partial charge in [0.1, 0.15) is 6.33 Å². The Morgan fingerprint density at radius 2 is 2.33 bits per heavy atom. The van der Waals surface area contributed by atoms with E-state index in [0.29, 0.717) is 24.5 Å². The first-order valence-electron chi connectivity index (χ1n) is 5.50. The molecular formula is C11H14N6O. The molecule has 0 aromatic carbocycles. The van der Waals surface area contributed by atoms with E-state index >= 15 is 0 Å². The molecule has 0 saturated carbocycles. The lowest BCUT2D eigenvalue weighted by Gasteiger charge is -2.04. The van der Waals surface area contributed by atoms with Crippen molar-refractivity contribution in [1.29, 1.82) is 0 Å². The Balaban J connectivity index is 1.87. The second-order valence-electron chi connectivity index (χ2n) is 3.78. The molecule has 1 amide bonds. The molecule has 0 aliphatic rings. The molecule has 7 heteroatoms. The quantitative estimate of drug-likeness (QED) is 0.776. The molecule has 0 fully saturated rings. The number of aryl methyl sites for hydroxylation is 1. The summed E-state index contributed by atoms with van der Waals surface area (Å²) in [6.45, 7) is 0.443. The number of nitrogens with one attached hydrogen (secondary N) is 1. The van der Waals surface area contributed by atoms with Crippen molar-refractivity contribution in [2.24, 2.45) is 7.05 Å². The molecule has 0 saturated heterocycles. The Hall–Kier alpha value is -2.44. The number of rotatable bonds is 4. The molecule has 2 rings (SSSR count). The third-order valence-electron chi connectivity index (χ3n) is 2.34. The first-order valence-corrected chi connectivity index (χ1v) is 5.50. The van der Waals surface area contributed by atoms with Crippen molar-refractivity contribution < 1.29 is 4.79 Å². The average Bonchev–Trinajstić information content (AvgIpc) is 2.75. The second kappa shape index (κ2) is 5.26. The monoisotopic (exact) mass is 246 g/mol. The van der Waals surface area contributed by atoms with Gasteiger partial charge >= 0.3 is 0 Å². The van der Waals surface area contributed by atoms with E-state index in [9.17, 15) is 4.79 Å². The number of hydrogen-bond acceptors (Lipinski definition) is 5. The lowest BCUT2D eigenvalue weighted by Crippen LogP contribution is -2.27. The lowest BCUT2D eigenvalue weighted by molar-refractivity contribution is 0.0950. The summed E-state index contributed by atoms with van der Waals surface area (Å²) < 4.78 is 1.62. The minimum atomic E-state index is -0.288. The summed E-state index contributed by atoms with van der Waals surface area (Å²) >= 11 is 0. The van der Waals surface area contributed by atoms with E-state index in [1.165, 1.54) is 6.20 Å². The van der Waals surface area contributed by atoms with Crippen LogP contribution in [0.2, 0.25) is 0 Å². The molecular weight excluding hydrogens is 232 g/mol. The topological polar surface area (TPSA) is 98.7 Å². The van der Waals surface area contributed by atoms with Gasteiger partial charge in [0.15, 0.2) is 11.5 Å². The van der Waals surface area contributed by atoms with Crippen molar-refractivity contribution in [3.63, 3.8) is 0 Å². The van der Waals surface area contributed by atoms with Crippen LogP contribution in [-0.4, -0.2) is 32.2 Å². The highest BCUT2D eigenvalue weighted by Gasteiger charge is 2.10. The number of nitrogens with two attached hydrogens (primary N) is 1. The van der Waals surface area contributed by atoms with Gasteiger partial charge in [-0.25, -0.2) is 9.97 Å². The number of pyridine rings is 1. The van der Waals surface area contributed by atoms with Crippen LogP contribution in [-0.2, 0) is 13.5 Å². The van der Waals surface area contributed by atoms with Gasteiger partial charge < -0.3 is 11.1 Å². The van der Waals surface area contributed by atoms with Crippen LogP contribution in [0.25, 0.3) is 0 Å². The molecule has 94 valence electrons. The minimum absolute atomic E-state index is 0.242. The summed E-state index contributed by atoms with van der Waals surface area (Å²) in [5.41, 5.74) is 6.27. The van der Waals surface area contributed by atoms with Gasteiger partial charge in [0.25, 0.3) is 5.91 Å². The molecule has 0 aliphatic carbocycles. The zero-order valence-corrected chi connectivity index (χ0v) is 10.00. The van der Waals surface area contributed by atoms with Crippen LogP contribution in [0.5, 0.6) is 0 Å². The Bertz CT molecular complexity index is 550. The third kappa shape index (κ3) is 2.82. The van der Waals surface area contributed by atoms with E-state index in [1.807, 2.05) is 0 Å². The van der Waals surface area contributed by atoms with Gasteiger partial charge in [-0.2, -0.15) is 5.10 Å². The minimum Gasteiger partial charge on any atom is -0.397 e. The maximum Gasteiger partial charge on any atom is 0.272 e. The van der Waals surface area contributed by atoms with Gasteiger partial charge in [-0.1, -0.05) is 0 Å². The van der Waals surface area contributed by atoms with Crippen LogP contribution in [0.4, 0.5) is 5.69 Å². The van der Waals surface area contributed by atoms with Crippen molar-refractivity contribution in [1.82, 2.24) is 25.1 Å². The highest BCUT2D eigenvalue weighted by Crippen LogP contribution is 2.05. The molecule has 2 aromatic rings. The molecule has 0 atom stereocenters. The predicted molar refractivity (Wildman–Crippen MR) is 65.7 cm³/mol. The highest BCUT2D eigenvalue weighted by molar-refractivity contribution is 5.96. The standard InChI is InChI=1S/C11H14N6O/c1-17-7-15-9(16-17)4-6-14-11(18)10-8(12)3-2-5-13-10/h2-3,5,7H,4,6,12H2,1H3,(H,14,18). The van der Waals surface area contributed by atoms with Gasteiger partial charge in [0.2, 0.25) is 0 Å². The Morgan fingerprint density at radius 1 is 1.50 bits per heavy atom. The van der Waals surface area contributed by atoms with E-state index in [2.05, 4.69) is 20.4 Å². The number of aromatic nitrogens is 4. The zero-order chi connectivity index (χ0) is 13.0. The highest BCUT2D eigenvalue weighted by atomic mass is 16.1. The summed E-state index contributed by atoms with van der Waals surface area (Å²) in [5.74, 6) is 0.399. The van der Waals surface area contributed by atoms with E-state index in [1.54, 1.807) is 30.2 Å². The van der Waals surface area contributed by atoms with Crippen LogP contribution >= 0.6 is 0 Å².